The third-order valence-corrected chi connectivity index (χ3v) is 5.96. The molecule has 1 N–H and O–H groups in total. The Labute approximate surface area is 165 Å². The van der Waals surface area contributed by atoms with Gasteiger partial charge in [-0.25, -0.2) is 12.4 Å². The molecule has 0 fully saturated rings. The molecule has 0 radical (unpaired) electrons. The van der Waals surface area contributed by atoms with Crippen LogP contribution in [0.3, 0.4) is 0 Å². The standard InChI is InChI=1S/C19H17F2NO6S/c1-27-14-5-8-17-16(10-14)12(2-9-18(23)24)11-22(17)29(25,26)15-6-3-13(4-7-15)28-19(20)21/h3-8,10-11,19H,2,9H2,1H3,(H,23,24). The number of halogens is 2. The van der Waals surface area contributed by atoms with Gasteiger partial charge in [0.1, 0.15) is 11.5 Å². The Kier molecular flexibility index (Phi) is 5.73. The molecule has 3 rings (SSSR count). The maximum atomic E-state index is 13.1. The first-order chi connectivity index (χ1) is 13.7. The number of carboxylic acid groups (broad SMARTS) is 1. The molecule has 0 aliphatic rings. The van der Waals surface area contributed by atoms with Gasteiger partial charge in [0.15, 0.2) is 0 Å². The van der Waals surface area contributed by atoms with Gasteiger partial charge in [-0.05, 0) is 54.4 Å². The number of methoxy groups -OCH3 is 1. The Morgan fingerprint density at radius 1 is 1.14 bits per heavy atom. The van der Waals surface area contributed by atoms with E-state index in [1.54, 1.807) is 18.2 Å². The minimum absolute atomic E-state index is 0.128. The van der Waals surface area contributed by atoms with E-state index in [1.807, 2.05) is 0 Å². The zero-order valence-electron chi connectivity index (χ0n) is 15.2. The molecule has 0 bridgehead atoms. The van der Waals surface area contributed by atoms with Crippen LogP contribution in [-0.4, -0.2) is 37.2 Å². The number of carboxylic acids is 1. The van der Waals surface area contributed by atoms with Crippen molar-refractivity contribution < 1.29 is 36.6 Å². The summed E-state index contributed by atoms with van der Waals surface area (Å²) in [6.07, 6.45) is 1.32. The SMILES string of the molecule is COc1ccc2c(c1)c(CCC(=O)O)cn2S(=O)(=O)c1ccc(OC(F)F)cc1. The smallest absolute Gasteiger partial charge is 0.387 e. The van der Waals surface area contributed by atoms with Crippen molar-refractivity contribution in [3.05, 3.63) is 54.2 Å². The molecule has 7 nitrogen and oxygen atoms in total. The number of aromatic nitrogens is 1. The number of nitrogens with zero attached hydrogens (tertiary/aromatic N) is 1. The first-order valence-corrected chi connectivity index (χ1v) is 9.86. The average Bonchev–Trinajstić information content (AvgIpc) is 3.05. The first kappa shape index (κ1) is 20.6. The van der Waals surface area contributed by atoms with E-state index >= 15 is 0 Å². The summed E-state index contributed by atoms with van der Waals surface area (Å²) in [5, 5.41) is 9.51. The van der Waals surface area contributed by atoms with Crippen LogP contribution in [0, 0.1) is 0 Å². The molecule has 1 heterocycles. The van der Waals surface area contributed by atoms with Gasteiger partial charge in [0, 0.05) is 18.0 Å². The molecule has 0 saturated heterocycles. The lowest BCUT2D eigenvalue weighted by Gasteiger charge is -2.09. The summed E-state index contributed by atoms with van der Waals surface area (Å²) in [5.41, 5.74) is 0.877. The zero-order valence-corrected chi connectivity index (χ0v) is 16.0. The largest absolute Gasteiger partial charge is 0.497 e. The van der Waals surface area contributed by atoms with Crippen LogP contribution < -0.4 is 9.47 Å². The fourth-order valence-corrected chi connectivity index (χ4v) is 4.31. The fraction of sp³-hybridized carbons (Fsp3) is 0.211. The summed E-state index contributed by atoms with van der Waals surface area (Å²) in [7, 11) is -2.60. The number of rotatable bonds is 8. The van der Waals surface area contributed by atoms with Gasteiger partial charge >= 0.3 is 12.6 Å². The molecule has 0 aliphatic heterocycles. The highest BCUT2D eigenvalue weighted by Crippen LogP contribution is 2.30. The van der Waals surface area contributed by atoms with Crippen LogP contribution in [0.25, 0.3) is 10.9 Å². The van der Waals surface area contributed by atoms with Gasteiger partial charge < -0.3 is 14.6 Å². The fourth-order valence-electron chi connectivity index (χ4n) is 2.92. The highest BCUT2D eigenvalue weighted by Gasteiger charge is 2.22. The number of fused-ring (bicyclic) bond motifs is 1. The summed E-state index contributed by atoms with van der Waals surface area (Å²) in [4.78, 5) is 10.8. The second-order valence-electron chi connectivity index (χ2n) is 6.08. The van der Waals surface area contributed by atoms with E-state index in [9.17, 15) is 22.0 Å². The van der Waals surface area contributed by atoms with E-state index in [2.05, 4.69) is 4.74 Å². The van der Waals surface area contributed by atoms with Crippen molar-refractivity contribution in [2.24, 2.45) is 0 Å². The van der Waals surface area contributed by atoms with Crippen LogP contribution in [0.15, 0.2) is 53.6 Å². The Bertz CT molecular complexity index is 1140. The van der Waals surface area contributed by atoms with E-state index in [0.717, 1.165) is 16.1 Å². The van der Waals surface area contributed by atoms with Gasteiger partial charge in [0.25, 0.3) is 10.0 Å². The van der Waals surface area contributed by atoms with E-state index in [1.165, 1.54) is 25.4 Å². The van der Waals surface area contributed by atoms with Gasteiger partial charge in [0.2, 0.25) is 0 Å². The Morgan fingerprint density at radius 3 is 2.38 bits per heavy atom. The molecule has 154 valence electrons. The van der Waals surface area contributed by atoms with Gasteiger partial charge in [-0.1, -0.05) is 0 Å². The quantitative estimate of drug-likeness (QED) is 0.594. The van der Waals surface area contributed by atoms with Gasteiger partial charge in [-0.3, -0.25) is 4.79 Å². The molecule has 0 amide bonds. The summed E-state index contributed by atoms with van der Waals surface area (Å²) in [5.74, 6) is -0.674. The normalized spacial score (nSPS) is 11.7. The van der Waals surface area contributed by atoms with E-state index in [-0.39, 0.29) is 23.5 Å². The molecular formula is C19H17F2NO6S. The van der Waals surface area contributed by atoms with Crippen molar-refractivity contribution in [1.82, 2.24) is 3.97 Å². The molecule has 3 aromatic rings. The lowest BCUT2D eigenvalue weighted by Crippen LogP contribution is -2.12. The topological polar surface area (TPSA) is 94.8 Å². The van der Waals surface area contributed by atoms with Crippen LogP contribution >= 0.6 is 0 Å². The van der Waals surface area contributed by atoms with E-state index in [0.29, 0.717) is 22.2 Å². The van der Waals surface area contributed by atoms with Gasteiger partial charge in [-0.15, -0.1) is 0 Å². The highest BCUT2D eigenvalue weighted by atomic mass is 32.2. The van der Waals surface area contributed by atoms with Crippen molar-refractivity contribution in [2.75, 3.05) is 7.11 Å². The average molecular weight is 425 g/mol. The molecule has 0 spiro atoms. The van der Waals surface area contributed by atoms with Gasteiger partial charge in [-0.2, -0.15) is 8.78 Å². The number of hydrogen-bond donors (Lipinski definition) is 1. The van der Waals surface area contributed by atoms with Crippen molar-refractivity contribution in [2.45, 2.75) is 24.3 Å². The highest BCUT2D eigenvalue weighted by molar-refractivity contribution is 7.90. The number of aliphatic carboxylic acids is 1. The Morgan fingerprint density at radius 2 is 1.79 bits per heavy atom. The summed E-state index contributed by atoms with van der Waals surface area (Å²) >= 11 is 0. The molecule has 0 unspecified atom stereocenters. The van der Waals surface area contributed by atoms with Gasteiger partial charge in [0.05, 0.1) is 17.5 Å². The first-order valence-electron chi connectivity index (χ1n) is 8.42. The van der Waals surface area contributed by atoms with Crippen molar-refractivity contribution in [1.29, 1.82) is 0 Å². The summed E-state index contributed by atoms with van der Waals surface area (Å²) in [6, 6.07) is 9.40. The van der Waals surface area contributed by atoms with E-state index in [4.69, 9.17) is 9.84 Å². The van der Waals surface area contributed by atoms with Crippen LogP contribution in [-0.2, 0) is 21.2 Å². The molecule has 29 heavy (non-hydrogen) atoms. The Balaban J connectivity index is 2.08. The number of alkyl halides is 2. The second kappa shape index (κ2) is 8.08. The van der Waals surface area contributed by atoms with Crippen molar-refractivity contribution in [3.8, 4) is 11.5 Å². The lowest BCUT2D eigenvalue weighted by molar-refractivity contribution is -0.136. The molecule has 0 aliphatic carbocycles. The van der Waals surface area contributed by atoms with Crippen molar-refractivity contribution in [3.63, 3.8) is 0 Å². The van der Waals surface area contributed by atoms with Crippen molar-refractivity contribution >= 4 is 26.9 Å². The predicted molar refractivity (Wildman–Crippen MR) is 100 cm³/mol. The summed E-state index contributed by atoms with van der Waals surface area (Å²) in [6.45, 7) is -3.02. The predicted octanol–water partition coefficient (Wildman–Crippen LogP) is 3.51. The molecule has 1 aromatic heterocycles. The van der Waals surface area contributed by atoms with Crippen LogP contribution in [0.2, 0.25) is 0 Å². The maximum Gasteiger partial charge on any atom is 0.387 e. The number of aryl methyl sites for hydroxylation is 1. The summed E-state index contributed by atoms with van der Waals surface area (Å²) < 4.78 is 61.3. The minimum atomic E-state index is -4.06. The molecule has 10 heteroatoms. The molecular weight excluding hydrogens is 408 g/mol. The molecule has 2 aromatic carbocycles. The maximum absolute atomic E-state index is 13.1. The van der Waals surface area contributed by atoms with E-state index < -0.39 is 22.6 Å². The third kappa shape index (κ3) is 4.32. The number of ether oxygens (including phenoxy) is 2. The van der Waals surface area contributed by atoms with Crippen LogP contribution in [0.5, 0.6) is 11.5 Å². The Hall–Kier alpha value is -3.14. The van der Waals surface area contributed by atoms with Crippen LogP contribution in [0.4, 0.5) is 8.78 Å². The number of carbonyl (C=O) groups is 1. The monoisotopic (exact) mass is 425 g/mol. The van der Waals surface area contributed by atoms with Crippen LogP contribution in [0.1, 0.15) is 12.0 Å². The molecule has 0 saturated carbocycles. The number of hydrogen-bond acceptors (Lipinski definition) is 5. The minimum Gasteiger partial charge on any atom is -0.497 e. The second-order valence-corrected chi connectivity index (χ2v) is 7.90. The number of benzene rings is 2. The third-order valence-electron chi connectivity index (χ3n) is 4.27. The lowest BCUT2D eigenvalue weighted by atomic mass is 10.1. The zero-order chi connectivity index (χ0) is 21.2. The molecule has 0 atom stereocenters.